The third kappa shape index (κ3) is 3.26. The number of rotatable bonds is 4. The van der Waals surface area contributed by atoms with E-state index in [1.54, 1.807) is 6.92 Å². The molecule has 0 heterocycles. The fourth-order valence-electron chi connectivity index (χ4n) is 1.40. The molecule has 0 aliphatic rings. The molecule has 0 amide bonds. The van der Waals surface area contributed by atoms with Crippen molar-refractivity contribution in [3.8, 4) is 6.07 Å². The van der Waals surface area contributed by atoms with Gasteiger partial charge in [0.15, 0.2) is 0 Å². The van der Waals surface area contributed by atoms with Crippen LogP contribution in [0.5, 0.6) is 0 Å². The van der Waals surface area contributed by atoms with Crippen LogP contribution < -0.4 is 0 Å². The molecule has 5 heteroatoms. The number of carbonyl (C=O) groups is 1. The van der Waals surface area contributed by atoms with Crippen molar-refractivity contribution in [3.05, 3.63) is 34.6 Å². The first-order valence-corrected chi connectivity index (χ1v) is 5.10. The van der Waals surface area contributed by atoms with Crippen molar-refractivity contribution in [2.45, 2.75) is 20.0 Å². The normalized spacial score (nSPS) is 9.76. The van der Waals surface area contributed by atoms with Crippen LogP contribution in [0.15, 0.2) is 12.1 Å². The second-order valence-electron chi connectivity index (χ2n) is 3.35. The number of esters is 1. The van der Waals surface area contributed by atoms with Crippen molar-refractivity contribution in [2.75, 3.05) is 6.61 Å². The standard InChI is InChI=1S/C12H12FNO3/c1-2-17-12(16)5-8-3-9(6-14)10(7-15)4-11(8)13/h3-4,15H,2,5,7H2,1H3. The predicted molar refractivity (Wildman–Crippen MR) is 57.4 cm³/mol. The molecule has 0 saturated carbocycles. The molecule has 0 spiro atoms. The number of carbonyl (C=O) groups excluding carboxylic acids is 1. The smallest absolute Gasteiger partial charge is 0.310 e. The number of halogens is 1. The highest BCUT2D eigenvalue weighted by Gasteiger charge is 2.13. The summed E-state index contributed by atoms with van der Waals surface area (Å²) in [4.78, 5) is 11.2. The summed E-state index contributed by atoms with van der Waals surface area (Å²) in [6, 6.07) is 4.16. The van der Waals surface area contributed by atoms with Crippen LogP contribution in [0.25, 0.3) is 0 Å². The van der Waals surface area contributed by atoms with Gasteiger partial charge in [0.2, 0.25) is 0 Å². The van der Waals surface area contributed by atoms with E-state index in [2.05, 4.69) is 0 Å². The number of hydrogen-bond donors (Lipinski definition) is 1. The summed E-state index contributed by atoms with van der Waals surface area (Å²) >= 11 is 0. The molecule has 1 rings (SSSR count). The number of hydrogen-bond acceptors (Lipinski definition) is 4. The Morgan fingerprint density at radius 2 is 2.24 bits per heavy atom. The zero-order chi connectivity index (χ0) is 12.8. The molecular formula is C12H12FNO3. The highest BCUT2D eigenvalue weighted by atomic mass is 19.1. The number of benzene rings is 1. The van der Waals surface area contributed by atoms with E-state index in [1.807, 2.05) is 6.07 Å². The van der Waals surface area contributed by atoms with E-state index in [0.717, 1.165) is 6.07 Å². The van der Waals surface area contributed by atoms with E-state index in [-0.39, 0.29) is 29.7 Å². The summed E-state index contributed by atoms with van der Waals surface area (Å²) in [5.74, 6) is -1.17. The van der Waals surface area contributed by atoms with Crippen LogP contribution in [-0.2, 0) is 22.6 Å². The maximum atomic E-state index is 13.5. The Balaban J connectivity index is 3.01. The van der Waals surface area contributed by atoms with Gasteiger partial charge >= 0.3 is 5.97 Å². The largest absolute Gasteiger partial charge is 0.466 e. The van der Waals surface area contributed by atoms with E-state index in [0.29, 0.717) is 0 Å². The van der Waals surface area contributed by atoms with Gasteiger partial charge in [0.1, 0.15) is 5.82 Å². The van der Waals surface area contributed by atoms with Crippen molar-refractivity contribution >= 4 is 5.97 Å². The number of nitrogens with zero attached hydrogens (tertiary/aromatic N) is 1. The number of aliphatic hydroxyl groups is 1. The minimum Gasteiger partial charge on any atom is -0.466 e. The molecule has 17 heavy (non-hydrogen) atoms. The van der Waals surface area contributed by atoms with Crippen LogP contribution in [-0.4, -0.2) is 17.7 Å². The first-order chi connectivity index (χ1) is 8.12. The maximum absolute atomic E-state index is 13.5. The van der Waals surface area contributed by atoms with Gasteiger partial charge in [-0.1, -0.05) is 0 Å². The van der Waals surface area contributed by atoms with Gasteiger partial charge in [-0.25, -0.2) is 4.39 Å². The van der Waals surface area contributed by atoms with Crippen molar-refractivity contribution in [1.29, 1.82) is 5.26 Å². The number of nitriles is 1. The molecule has 0 aromatic heterocycles. The van der Waals surface area contributed by atoms with Gasteiger partial charge in [0.25, 0.3) is 0 Å². The Kier molecular flexibility index (Phi) is 4.61. The van der Waals surface area contributed by atoms with E-state index in [1.165, 1.54) is 6.07 Å². The second-order valence-corrected chi connectivity index (χ2v) is 3.35. The van der Waals surface area contributed by atoms with E-state index >= 15 is 0 Å². The first-order valence-electron chi connectivity index (χ1n) is 5.10. The molecule has 1 aromatic carbocycles. The van der Waals surface area contributed by atoms with Gasteiger partial charge < -0.3 is 9.84 Å². The fourth-order valence-corrected chi connectivity index (χ4v) is 1.40. The van der Waals surface area contributed by atoms with Gasteiger partial charge in [0.05, 0.1) is 31.3 Å². The predicted octanol–water partition coefficient (Wildman–Crippen LogP) is 1.30. The lowest BCUT2D eigenvalue weighted by Gasteiger charge is -2.06. The van der Waals surface area contributed by atoms with Crippen molar-refractivity contribution in [1.82, 2.24) is 0 Å². The van der Waals surface area contributed by atoms with Gasteiger partial charge in [-0.15, -0.1) is 0 Å². The average Bonchev–Trinajstić information content (AvgIpc) is 2.31. The van der Waals surface area contributed by atoms with Gasteiger partial charge in [-0.3, -0.25) is 4.79 Å². The van der Waals surface area contributed by atoms with Crippen LogP contribution in [0.1, 0.15) is 23.6 Å². The quantitative estimate of drug-likeness (QED) is 0.801. The topological polar surface area (TPSA) is 70.3 Å². The van der Waals surface area contributed by atoms with Crippen molar-refractivity contribution < 1.29 is 19.0 Å². The van der Waals surface area contributed by atoms with Crippen LogP contribution in [0.2, 0.25) is 0 Å². The summed E-state index contributed by atoms with van der Waals surface area (Å²) in [5, 5.41) is 17.7. The lowest BCUT2D eigenvalue weighted by molar-refractivity contribution is -0.142. The zero-order valence-corrected chi connectivity index (χ0v) is 9.36. The number of aliphatic hydroxyl groups excluding tert-OH is 1. The Bertz CT molecular complexity index is 466. The van der Waals surface area contributed by atoms with Gasteiger partial charge in [-0.05, 0) is 24.6 Å². The van der Waals surface area contributed by atoms with E-state index < -0.39 is 18.4 Å². The summed E-state index contributed by atoms with van der Waals surface area (Å²) in [5.41, 5.74) is 0.461. The second kappa shape index (κ2) is 5.97. The van der Waals surface area contributed by atoms with Crippen molar-refractivity contribution in [2.24, 2.45) is 0 Å². The zero-order valence-electron chi connectivity index (χ0n) is 9.36. The Labute approximate surface area is 98.2 Å². The number of ether oxygens (including phenoxy) is 1. The average molecular weight is 237 g/mol. The minimum absolute atomic E-state index is 0.0946. The Morgan fingerprint density at radius 3 is 2.76 bits per heavy atom. The molecule has 0 saturated heterocycles. The van der Waals surface area contributed by atoms with E-state index in [9.17, 15) is 9.18 Å². The third-order valence-corrected chi connectivity index (χ3v) is 2.20. The lowest BCUT2D eigenvalue weighted by atomic mass is 10.0. The first kappa shape index (κ1) is 13.1. The molecule has 0 aliphatic heterocycles. The van der Waals surface area contributed by atoms with Gasteiger partial charge in [-0.2, -0.15) is 5.26 Å². The Morgan fingerprint density at radius 1 is 1.53 bits per heavy atom. The SMILES string of the molecule is CCOC(=O)Cc1cc(C#N)c(CO)cc1F. The van der Waals surface area contributed by atoms with Crippen LogP contribution >= 0.6 is 0 Å². The molecule has 0 aliphatic carbocycles. The molecule has 1 N–H and O–H groups in total. The molecule has 4 nitrogen and oxygen atoms in total. The fraction of sp³-hybridized carbons (Fsp3) is 0.333. The summed E-state index contributed by atoms with van der Waals surface area (Å²) < 4.78 is 18.2. The molecule has 0 atom stereocenters. The molecule has 0 bridgehead atoms. The Hall–Kier alpha value is -1.93. The van der Waals surface area contributed by atoms with Gasteiger partial charge in [0, 0.05) is 5.56 Å². The molecule has 90 valence electrons. The van der Waals surface area contributed by atoms with Crippen LogP contribution in [0, 0.1) is 17.1 Å². The monoisotopic (exact) mass is 237 g/mol. The molecular weight excluding hydrogens is 225 g/mol. The van der Waals surface area contributed by atoms with E-state index in [4.69, 9.17) is 15.1 Å². The molecule has 1 aromatic rings. The molecule has 0 unspecified atom stereocenters. The van der Waals surface area contributed by atoms with Crippen molar-refractivity contribution in [3.63, 3.8) is 0 Å². The summed E-state index contributed by atoms with van der Waals surface area (Å²) in [6.45, 7) is 1.46. The highest BCUT2D eigenvalue weighted by Crippen LogP contribution is 2.16. The van der Waals surface area contributed by atoms with Crippen LogP contribution in [0.4, 0.5) is 4.39 Å². The van der Waals surface area contributed by atoms with Crippen LogP contribution in [0.3, 0.4) is 0 Å². The maximum Gasteiger partial charge on any atom is 0.310 e. The third-order valence-electron chi connectivity index (χ3n) is 2.20. The minimum atomic E-state index is -0.624. The molecule has 0 radical (unpaired) electrons. The summed E-state index contributed by atoms with van der Waals surface area (Å²) in [7, 11) is 0. The highest BCUT2D eigenvalue weighted by molar-refractivity contribution is 5.72. The summed E-state index contributed by atoms with van der Waals surface area (Å²) in [6.07, 6.45) is -0.222. The lowest BCUT2D eigenvalue weighted by Crippen LogP contribution is -2.09. The molecule has 0 fully saturated rings.